The fourth-order valence-electron chi connectivity index (χ4n) is 1.92. The Bertz CT molecular complexity index is 212. The van der Waals surface area contributed by atoms with E-state index in [2.05, 4.69) is 24.3 Å². The molecule has 1 fully saturated rings. The van der Waals surface area contributed by atoms with Crippen molar-refractivity contribution in [3.8, 4) is 0 Å². The van der Waals surface area contributed by atoms with Gasteiger partial charge in [-0.3, -0.25) is 0 Å². The summed E-state index contributed by atoms with van der Waals surface area (Å²) in [4.78, 5) is 0. The van der Waals surface area contributed by atoms with Gasteiger partial charge >= 0.3 is 0 Å². The molecule has 0 aromatic carbocycles. The van der Waals surface area contributed by atoms with Crippen LogP contribution >= 0.6 is 0 Å². The smallest absolute Gasteiger partial charge is 0.0515 e. The van der Waals surface area contributed by atoms with E-state index < -0.39 is 0 Å². The molecule has 0 N–H and O–H groups in total. The van der Waals surface area contributed by atoms with Crippen LogP contribution < -0.4 is 0 Å². The molecule has 1 saturated carbocycles. The largest absolute Gasteiger partial charge is 0.106 e. The Balaban J connectivity index is 2.09. The van der Waals surface area contributed by atoms with Gasteiger partial charge in [-0.1, -0.05) is 12.8 Å². The molecule has 0 heterocycles. The topological polar surface area (TPSA) is 0 Å². The minimum atomic E-state index is 0.840. The highest BCUT2D eigenvalue weighted by Gasteiger charge is 2.22. The highest BCUT2D eigenvalue weighted by molar-refractivity contribution is 5.31. The van der Waals surface area contributed by atoms with Crippen molar-refractivity contribution in [2.75, 3.05) is 0 Å². The van der Waals surface area contributed by atoms with Crippen molar-refractivity contribution in [1.82, 2.24) is 0 Å². The summed E-state index contributed by atoms with van der Waals surface area (Å²) >= 11 is 0. The van der Waals surface area contributed by atoms with Crippen LogP contribution in [0.1, 0.15) is 25.7 Å². The molecule has 2 aliphatic rings. The first-order chi connectivity index (χ1) is 5.47. The lowest BCUT2D eigenvalue weighted by Crippen LogP contribution is -1.96. The molecule has 0 aliphatic heterocycles. The van der Waals surface area contributed by atoms with Crippen LogP contribution in [0.2, 0.25) is 0 Å². The van der Waals surface area contributed by atoms with Crippen molar-refractivity contribution in [2.24, 2.45) is 5.92 Å². The lowest BCUT2D eigenvalue weighted by Gasteiger charge is -2.03. The Morgan fingerprint density at radius 2 is 2.09 bits per heavy atom. The van der Waals surface area contributed by atoms with E-state index >= 15 is 0 Å². The quantitative estimate of drug-likeness (QED) is 0.497. The van der Waals surface area contributed by atoms with E-state index in [-0.39, 0.29) is 0 Å². The standard InChI is InChI=1S/C11H13/c1-2-6-10(7-3-1)11-8-4-5-9-11/h1-2,6-7,11H,4-5,8-9H2/q+1. The van der Waals surface area contributed by atoms with Crippen LogP contribution in [0.15, 0.2) is 29.9 Å². The summed E-state index contributed by atoms with van der Waals surface area (Å²) in [6, 6.07) is 0. The average molecular weight is 145 g/mol. The summed E-state index contributed by atoms with van der Waals surface area (Å²) < 4.78 is 0. The highest BCUT2D eigenvalue weighted by atomic mass is 14.2. The molecule has 2 rings (SSSR count). The van der Waals surface area contributed by atoms with Crippen molar-refractivity contribution in [3.63, 3.8) is 0 Å². The zero-order valence-electron chi connectivity index (χ0n) is 6.72. The van der Waals surface area contributed by atoms with E-state index in [0.29, 0.717) is 0 Å². The van der Waals surface area contributed by atoms with E-state index in [1.165, 1.54) is 31.3 Å². The van der Waals surface area contributed by atoms with Crippen LogP contribution in [0.25, 0.3) is 0 Å². The van der Waals surface area contributed by atoms with Crippen molar-refractivity contribution in [2.45, 2.75) is 25.7 Å². The molecule has 0 saturated heterocycles. The van der Waals surface area contributed by atoms with Crippen LogP contribution in [0, 0.1) is 12.0 Å². The van der Waals surface area contributed by atoms with Gasteiger partial charge in [0.15, 0.2) is 0 Å². The molecular formula is C11H13+. The van der Waals surface area contributed by atoms with Gasteiger partial charge in [-0.05, 0) is 12.8 Å². The molecular weight excluding hydrogens is 132 g/mol. The Morgan fingerprint density at radius 3 is 2.73 bits per heavy atom. The predicted octanol–water partition coefficient (Wildman–Crippen LogP) is 3.03. The first-order valence-electron chi connectivity index (χ1n) is 4.43. The third kappa shape index (κ3) is 1.41. The molecule has 0 aromatic rings. The Morgan fingerprint density at radius 1 is 1.27 bits per heavy atom. The minimum absolute atomic E-state index is 0.840. The van der Waals surface area contributed by atoms with Gasteiger partial charge in [0.1, 0.15) is 12.2 Å². The summed E-state index contributed by atoms with van der Waals surface area (Å²) in [5.41, 5.74) is 1.49. The fourth-order valence-corrected chi connectivity index (χ4v) is 1.92. The van der Waals surface area contributed by atoms with Crippen LogP contribution in [-0.4, -0.2) is 0 Å². The molecule has 56 valence electrons. The molecule has 0 nitrogen and oxygen atoms in total. The second-order valence-corrected chi connectivity index (χ2v) is 3.32. The Hall–Kier alpha value is -0.870. The van der Waals surface area contributed by atoms with E-state index in [0.717, 1.165) is 5.92 Å². The molecule has 11 heavy (non-hydrogen) atoms. The first-order valence-corrected chi connectivity index (χ1v) is 4.43. The summed E-state index contributed by atoms with van der Waals surface area (Å²) in [5.74, 6) is 0.840. The van der Waals surface area contributed by atoms with Gasteiger partial charge in [-0.15, -0.1) is 0 Å². The van der Waals surface area contributed by atoms with Crippen LogP contribution in [-0.2, 0) is 0 Å². The number of allylic oxidation sites excluding steroid dienone is 6. The van der Waals surface area contributed by atoms with Gasteiger partial charge < -0.3 is 0 Å². The third-order valence-electron chi connectivity index (χ3n) is 2.56. The molecule has 0 bridgehead atoms. The number of rotatable bonds is 1. The van der Waals surface area contributed by atoms with E-state index in [1.54, 1.807) is 0 Å². The van der Waals surface area contributed by atoms with Crippen molar-refractivity contribution in [3.05, 3.63) is 36.0 Å². The molecule has 0 radical (unpaired) electrons. The second kappa shape index (κ2) is 3.02. The second-order valence-electron chi connectivity index (χ2n) is 3.32. The van der Waals surface area contributed by atoms with E-state index in [4.69, 9.17) is 0 Å². The van der Waals surface area contributed by atoms with Crippen LogP contribution in [0.5, 0.6) is 0 Å². The molecule has 0 spiro atoms. The van der Waals surface area contributed by atoms with Gasteiger partial charge in [-0.25, -0.2) is 0 Å². The third-order valence-corrected chi connectivity index (χ3v) is 2.56. The Kier molecular flexibility index (Phi) is 1.87. The summed E-state index contributed by atoms with van der Waals surface area (Å²) in [6.07, 6.45) is 17.2. The maximum absolute atomic E-state index is 3.14. The van der Waals surface area contributed by atoms with Crippen LogP contribution in [0.4, 0.5) is 0 Å². The number of hydrogen-bond donors (Lipinski definition) is 0. The fraction of sp³-hybridized carbons (Fsp3) is 0.455. The Labute approximate surface area is 68.3 Å². The lowest BCUT2D eigenvalue weighted by atomic mass is 9.95. The van der Waals surface area contributed by atoms with Gasteiger partial charge in [0.25, 0.3) is 0 Å². The normalized spacial score (nSPS) is 23.5. The monoisotopic (exact) mass is 145 g/mol. The van der Waals surface area contributed by atoms with E-state index in [9.17, 15) is 0 Å². The zero-order chi connectivity index (χ0) is 7.52. The van der Waals surface area contributed by atoms with Crippen molar-refractivity contribution >= 4 is 0 Å². The maximum Gasteiger partial charge on any atom is 0.106 e. The van der Waals surface area contributed by atoms with Crippen molar-refractivity contribution < 1.29 is 0 Å². The molecule has 0 heteroatoms. The predicted molar refractivity (Wildman–Crippen MR) is 47.0 cm³/mol. The lowest BCUT2D eigenvalue weighted by molar-refractivity contribution is 0.657. The zero-order valence-corrected chi connectivity index (χ0v) is 6.72. The molecule has 0 amide bonds. The van der Waals surface area contributed by atoms with E-state index in [1.807, 2.05) is 6.08 Å². The highest BCUT2D eigenvalue weighted by Crippen LogP contribution is 2.32. The minimum Gasteiger partial charge on any atom is -0.0515 e. The van der Waals surface area contributed by atoms with Gasteiger partial charge in [0.2, 0.25) is 0 Å². The molecule has 0 atom stereocenters. The van der Waals surface area contributed by atoms with Gasteiger partial charge in [0.05, 0.1) is 11.6 Å². The maximum atomic E-state index is 3.14. The summed E-state index contributed by atoms with van der Waals surface area (Å²) in [7, 11) is 0. The van der Waals surface area contributed by atoms with Gasteiger partial charge in [-0.2, -0.15) is 0 Å². The summed E-state index contributed by atoms with van der Waals surface area (Å²) in [6.45, 7) is 0. The SMILES string of the molecule is [C+]1=CC(C2CCCC2)=CC=C1. The molecule has 0 aromatic heterocycles. The molecule has 0 unspecified atom stereocenters. The average Bonchev–Trinajstić information content (AvgIpc) is 2.58. The van der Waals surface area contributed by atoms with Gasteiger partial charge in [0, 0.05) is 18.1 Å². The number of hydrogen-bond acceptors (Lipinski definition) is 0. The summed E-state index contributed by atoms with van der Waals surface area (Å²) in [5, 5.41) is 0. The van der Waals surface area contributed by atoms with Crippen LogP contribution in [0.3, 0.4) is 0 Å². The van der Waals surface area contributed by atoms with Crippen molar-refractivity contribution in [1.29, 1.82) is 0 Å². The first kappa shape index (κ1) is 6.82. The molecule has 2 aliphatic carbocycles.